The quantitative estimate of drug-likeness (QED) is 0.921. The van der Waals surface area contributed by atoms with Crippen molar-refractivity contribution < 1.29 is 23.4 Å². The van der Waals surface area contributed by atoms with E-state index in [9.17, 15) is 9.18 Å². The SMILES string of the molecule is CC(Oc1ccc(F)cc1)C(=O)NCc1ccc2c(c1)OCO2. The van der Waals surface area contributed by atoms with Crippen molar-refractivity contribution in [2.45, 2.75) is 19.6 Å². The summed E-state index contributed by atoms with van der Waals surface area (Å²) in [7, 11) is 0. The fourth-order valence-corrected chi connectivity index (χ4v) is 2.15. The molecule has 1 atom stereocenters. The maximum atomic E-state index is 12.8. The van der Waals surface area contributed by atoms with Gasteiger partial charge in [0.15, 0.2) is 17.6 Å². The van der Waals surface area contributed by atoms with Gasteiger partial charge in [0.05, 0.1) is 0 Å². The third kappa shape index (κ3) is 3.71. The van der Waals surface area contributed by atoms with Gasteiger partial charge < -0.3 is 19.5 Å². The number of hydrogen-bond acceptors (Lipinski definition) is 4. The number of benzene rings is 2. The first-order chi connectivity index (χ1) is 11.1. The number of halogens is 1. The summed E-state index contributed by atoms with van der Waals surface area (Å²) in [5, 5.41) is 2.79. The van der Waals surface area contributed by atoms with Crippen LogP contribution in [0.4, 0.5) is 4.39 Å². The van der Waals surface area contributed by atoms with E-state index in [2.05, 4.69) is 5.32 Å². The first-order valence-corrected chi connectivity index (χ1v) is 7.20. The van der Waals surface area contributed by atoms with E-state index in [1.807, 2.05) is 18.2 Å². The zero-order valence-corrected chi connectivity index (χ0v) is 12.5. The highest BCUT2D eigenvalue weighted by Gasteiger charge is 2.16. The van der Waals surface area contributed by atoms with Crippen molar-refractivity contribution in [2.24, 2.45) is 0 Å². The molecular weight excluding hydrogens is 301 g/mol. The first-order valence-electron chi connectivity index (χ1n) is 7.20. The minimum absolute atomic E-state index is 0.216. The fourth-order valence-electron chi connectivity index (χ4n) is 2.15. The summed E-state index contributed by atoms with van der Waals surface area (Å²) < 4.78 is 28.8. The molecular formula is C17H16FNO4. The van der Waals surface area contributed by atoms with Gasteiger partial charge >= 0.3 is 0 Å². The number of fused-ring (bicyclic) bond motifs is 1. The fraction of sp³-hybridized carbons (Fsp3) is 0.235. The molecule has 2 aromatic rings. The minimum Gasteiger partial charge on any atom is -0.481 e. The molecule has 1 heterocycles. The van der Waals surface area contributed by atoms with Crippen molar-refractivity contribution in [3.63, 3.8) is 0 Å². The summed E-state index contributed by atoms with van der Waals surface area (Å²) in [6.45, 7) is 2.21. The summed E-state index contributed by atoms with van der Waals surface area (Å²) in [5.41, 5.74) is 0.900. The number of hydrogen-bond donors (Lipinski definition) is 1. The van der Waals surface area contributed by atoms with Crippen molar-refractivity contribution >= 4 is 5.91 Å². The molecule has 0 saturated carbocycles. The highest BCUT2D eigenvalue weighted by atomic mass is 19.1. The minimum atomic E-state index is -0.686. The Morgan fingerprint density at radius 2 is 1.96 bits per heavy atom. The molecule has 0 fully saturated rings. The monoisotopic (exact) mass is 317 g/mol. The molecule has 2 aromatic carbocycles. The van der Waals surface area contributed by atoms with Crippen LogP contribution in [0, 0.1) is 5.82 Å². The number of ether oxygens (including phenoxy) is 3. The van der Waals surface area contributed by atoms with Crippen molar-refractivity contribution in [1.29, 1.82) is 0 Å². The van der Waals surface area contributed by atoms with Gasteiger partial charge in [-0.15, -0.1) is 0 Å². The van der Waals surface area contributed by atoms with Gasteiger partial charge in [0.2, 0.25) is 6.79 Å². The lowest BCUT2D eigenvalue weighted by Gasteiger charge is -2.14. The number of carbonyl (C=O) groups excluding carboxylic acids is 1. The highest BCUT2D eigenvalue weighted by Crippen LogP contribution is 2.32. The van der Waals surface area contributed by atoms with Crippen LogP contribution in [0.3, 0.4) is 0 Å². The Balaban J connectivity index is 1.53. The molecule has 0 aliphatic carbocycles. The van der Waals surface area contributed by atoms with E-state index in [0.29, 0.717) is 23.8 Å². The van der Waals surface area contributed by atoms with E-state index in [1.54, 1.807) is 6.92 Å². The smallest absolute Gasteiger partial charge is 0.261 e. The highest BCUT2D eigenvalue weighted by molar-refractivity contribution is 5.80. The van der Waals surface area contributed by atoms with Crippen LogP contribution in [0.25, 0.3) is 0 Å². The number of rotatable bonds is 5. The van der Waals surface area contributed by atoms with E-state index in [0.717, 1.165) is 5.56 Å². The molecule has 0 radical (unpaired) electrons. The predicted molar refractivity (Wildman–Crippen MR) is 80.9 cm³/mol. The van der Waals surface area contributed by atoms with E-state index in [1.165, 1.54) is 24.3 Å². The summed E-state index contributed by atoms with van der Waals surface area (Å²) in [4.78, 5) is 12.1. The van der Waals surface area contributed by atoms with E-state index in [-0.39, 0.29) is 18.5 Å². The Bertz CT molecular complexity index is 702. The van der Waals surface area contributed by atoms with Crippen LogP contribution in [0.2, 0.25) is 0 Å². The second-order valence-electron chi connectivity index (χ2n) is 5.12. The van der Waals surface area contributed by atoms with E-state index < -0.39 is 6.10 Å². The molecule has 3 rings (SSSR count). The van der Waals surface area contributed by atoms with Crippen LogP contribution in [0.15, 0.2) is 42.5 Å². The molecule has 0 aromatic heterocycles. The van der Waals surface area contributed by atoms with Gasteiger partial charge in [-0.05, 0) is 48.9 Å². The topological polar surface area (TPSA) is 56.8 Å². The maximum absolute atomic E-state index is 12.8. The number of carbonyl (C=O) groups is 1. The Hall–Kier alpha value is -2.76. The molecule has 1 unspecified atom stereocenters. The molecule has 6 heteroatoms. The van der Waals surface area contributed by atoms with Crippen LogP contribution in [-0.4, -0.2) is 18.8 Å². The summed E-state index contributed by atoms with van der Waals surface area (Å²) in [5.74, 6) is 1.21. The summed E-state index contributed by atoms with van der Waals surface area (Å²) >= 11 is 0. The third-order valence-electron chi connectivity index (χ3n) is 3.40. The zero-order valence-electron chi connectivity index (χ0n) is 12.5. The third-order valence-corrected chi connectivity index (χ3v) is 3.40. The predicted octanol–water partition coefficient (Wildman–Crippen LogP) is 2.64. The molecule has 1 aliphatic heterocycles. The van der Waals surface area contributed by atoms with Gasteiger partial charge in [-0.2, -0.15) is 0 Å². The van der Waals surface area contributed by atoms with Crippen LogP contribution in [-0.2, 0) is 11.3 Å². The number of nitrogens with one attached hydrogen (secondary N) is 1. The second-order valence-corrected chi connectivity index (χ2v) is 5.12. The normalized spacial score (nSPS) is 13.5. The zero-order chi connectivity index (χ0) is 16.2. The standard InChI is InChI=1S/C17H16FNO4/c1-11(23-14-5-3-13(18)4-6-14)17(20)19-9-12-2-7-15-16(8-12)22-10-21-15/h2-8,11H,9-10H2,1H3,(H,19,20). The first kappa shape index (κ1) is 15.1. The molecule has 1 N–H and O–H groups in total. The Labute approximate surface area is 133 Å². The van der Waals surface area contributed by atoms with Crippen molar-refractivity contribution in [3.8, 4) is 17.2 Å². The van der Waals surface area contributed by atoms with Crippen LogP contribution in [0.5, 0.6) is 17.2 Å². The van der Waals surface area contributed by atoms with Crippen molar-refractivity contribution in [2.75, 3.05) is 6.79 Å². The largest absolute Gasteiger partial charge is 0.481 e. The average Bonchev–Trinajstić information content (AvgIpc) is 3.02. The van der Waals surface area contributed by atoms with Gasteiger partial charge in [-0.25, -0.2) is 4.39 Å². The molecule has 0 saturated heterocycles. The van der Waals surface area contributed by atoms with Gasteiger partial charge in [0.25, 0.3) is 5.91 Å². The van der Waals surface area contributed by atoms with Crippen LogP contribution >= 0.6 is 0 Å². The second kappa shape index (κ2) is 6.56. The molecule has 5 nitrogen and oxygen atoms in total. The van der Waals surface area contributed by atoms with E-state index >= 15 is 0 Å². The van der Waals surface area contributed by atoms with Gasteiger partial charge in [-0.3, -0.25) is 4.79 Å². The Kier molecular flexibility index (Phi) is 4.32. The maximum Gasteiger partial charge on any atom is 0.261 e. The van der Waals surface area contributed by atoms with Crippen molar-refractivity contribution in [1.82, 2.24) is 5.32 Å². The van der Waals surface area contributed by atoms with Crippen molar-refractivity contribution in [3.05, 3.63) is 53.8 Å². The molecule has 0 bridgehead atoms. The van der Waals surface area contributed by atoms with Gasteiger partial charge in [-0.1, -0.05) is 6.07 Å². The molecule has 1 amide bonds. The molecule has 1 aliphatic rings. The average molecular weight is 317 g/mol. The molecule has 23 heavy (non-hydrogen) atoms. The van der Waals surface area contributed by atoms with Gasteiger partial charge in [0, 0.05) is 6.54 Å². The van der Waals surface area contributed by atoms with E-state index in [4.69, 9.17) is 14.2 Å². The summed E-state index contributed by atoms with van der Waals surface area (Å²) in [6.07, 6.45) is -0.686. The lowest BCUT2D eigenvalue weighted by atomic mass is 10.2. The lowest BCUT2D eigenvalue weighted by Crippen LogP contribution is -2.35. The molecule has 120 valence electrons. The Morgan fingerprint density at radius 3 is 2.74 bits per heavy atom. The summed E-state index contributed by atoms with van der Waals surface area (Å²) in [6, 6.07) is 11.0. The number of amides is 1. The van der Waals surface area contributed by atoms with Crippen LogP contribution in [0.1, 0.15) is 12.5 Å². The lowest BCUT2D eigenvalue weighted by molar-refractivity contribution is -0.127. The molecule has 0 spiro atoms. The Morgan fingerprint density at radius 1 is 1.22 bits per heavy atom. The van der Waals surface area contributed by atoms with Crippen LogP contribution < -0.4 is 19.5 Å². The van der Waals surface area contributed by atoms with Gasteiger partial charge in [0.1, 0.15) is 11.6 Å².